The molecule has 0 radical (unpaired) electrons. The number of rotatable bonds is 8. The first-order valence-corrected chi connectivity index (χ1v) is 9.45. The molecule has 10 nitrogen and oxygen atoms in total. The zero-order chi connectivity index (χ0) is 21.5. The van der Waals surface area contributed by atoms with Crippen LogP contribution in [0.15, 0.2) is 59.3 Å². The van der Waals surface area contributed by atoms with Gasteiger partial charge in [-0.1, -0.05) is 28.1 Å². The average molecular weight is 473 g/mol. The second-order valence-corrected chi connectivity index (χ2v) is 6.88. The van der Waals surface area contributed by atoms with Crippen molar-refractivity contribution in [2.24, 2.45) is 0 Å². The predicted octanol–water partition coefficient (Wildman–Crippen LogP) is 3.52. The second-order valence-electron chi connectivity index (χ2n) is 5.96. The zero-order valence-corrected chi connectivity index (χ0v) is 17.3. The number of amides is 1. The van der Waals surface area contributed by atoms with E-state index in [2.05, 4.69) is 42.1 Å². The van der Waals surface area contributed by atoms with E-state index in [0.717, 1.165) is 16.4 Å². The largest absolute Gasteiger partial charge is 0.497 e. The molecular formula is C19H17BrN6O4. The highest BCUT2D eigenvalue weighted by Crippen LogP contribution is 2.28. The fraction of sp³-hybridized carbons (Fsp3) is 0.105. The molecule has 1 heterocycles. The first-order valence-electron chi connectivity index (χ1n) is 8.66. The molecule has 3 rings (SSSR count). The van der Waals surface area contributed by atoms with Gasteiger partial charge in [-0.15, -0.1) is 0 Å². The Labute approximate surface area is 179 Å². The van der Waals surface area contributed by atoms with Crippen LogP contribution in [0.1, 0.15) is 15.9 Å². The van der Waals surface area contributed by atoms with E-state index in [9.17, 15) is 14.9 Å². The molecule has 11 heteroatoms. The topological polar surface area (TPSA) is 131 Å². The third kappa shape index (κ3) is 5.20. The molecule has 30 heavy (non-hydrogen) atoms. The molecule has 0 atom stereocenters. The number of nitro groups is 1. The average Bonchev–Trinajstić information content (AvgIpc) is 2.76. The Morgan fingerprint density at radius 2 is 1.77 bits per heavy atom. The van der Waals surface area contributed by atoms with E-state index in [1.54, 1.807) is 43.5 Å². The van der Waals surface area contributed by atoms with Gasteiger partial charge in [0.1, 0.15) is 12.1 Å². The molecule has 0 spiro atoms. The van der Waals surface area contributed by atoms with E-state index < -0.39 is 10.8 Å². The molecule has 3 aromatic rings. The number of aromatic nitrogens is 2. The minimum absolute atomic E-state index is 0.0196. The van der Waals surface area contributed by atoms with Crippen LogP contribution in [-0.2, 0) is 6.54 Å². The fourth-order valence-electron chi connectivity index (χ4n) is 2.49. The first-order chi connectivity index (χ1) is 14.5. The van der Waals surface area contributed by atoms with Crippen LogP contribution in [-0.4, -0.2) is 27.9 Å². The summed E-state index contributed by atoms with van der Waals surface area (Å²) in [4.78, 5) is 31.0. The number of hydrogen-bond donors (Lipinski definition) is 3. The Morgan fingerprint density at radius 3 is 2.40 bits per heavy atom. The highest BCUT2D eigenvalue weighted by atomic mass is 79.9. The summed E-state index contributed by atoms with van der Waals surface area (Å²) in [6, 6.07) is 13.9. The van der Waals surface area contributed by atoms with Crippen molar-refractivity contribution in [2.75, 3.05) is 17.9 Å². The molecule has 0 aliphatic rings. The molecule has 0 saturated heterocycles. The van der Waals surface area contributed by atoms with Gasteiger partial charge in [0.15, 0.2) is 0 Å². The van der Waals surface area contributed by atoms with E-state index >= 15 is 0 Å². The third-order valence-electron chi connectivity index (χ3n) is 4.02. The van der Waals surface area contributed by atoms with E-state index in [1.807, 2.05) is 12.1 Å². The van der Waals surface area contributed by atoms with Crippen LogP contribution in [0.5, 0.6) is 5.75 Å². The Hall–Kier alpha value is -3.73. The number of hydrogen-bond acceptors (Lipinski definition) is 8. The molecule has 0 bridgehead atoms. The summed E-state index contributed by atoms with van der Waals surface area (Å²) in [5, 5.41) is 14.5. The van der Waals surface area contributed by atoms with Crippen molar-refractivity contribution >= 4 is 39.2 Å². The Kier molecular flexibility index (Phi) is 6.75. The lowest BCUT2D eigenvalue weighted by Crippen LogP contribution is -2.30. The van der Waals surface area contributed by atoms with Crippen LogP contribution < -0.4 is 20.9 Å². The van der Waals surface area contributed by atoms with Crippen molar-refractivity contribution in [3.63, 3.8) is 0 Å². The number of nitrogens with one attached hydrogen (secondary N) is 3. The minimum atomic E-state index is -0.621. The van der Waals surface area contributed by atoms with Crippen LogP contribution >= 0.6 is 15.9 Å². The maximum absolute atomic E-state index is 12.2. The summed E-state index contributed by atoms with van der Waals surface area (Å²) in [5.74, 6) is 0.117. The molecule has 0 aliphatic heterocycles. The van der Waals surface area contributed by atoms with E-state index in [1.165, 1.54) is 0 Å². The number of nitrogens with zero attached hydrogens (tertiary/aromatic N) is 3. The van der Waals surface area contributed by atoms with Crippen LogP contribution in [0.3, 0.4) is 0 Å². The molecule has 154 valence electrons. The Balaban J connectivity index is 1.72. The van der Waals surface area contributed by atoms with Gasteiger partial charge in [-0.2, -0.15) is 0 Å². The lowest BCUT2D eigenvalue weighted by atomic mass is 10.2. The van der Waals surface area contributed by atoms with Gasteiger partial charge in [0.25, 0.3) is 5.91 Å². The zero-order valence-electron chi connectivity index (χ0n) is 15.8. The van der Waals surface area contributed by atoms with Gasteiger partial charge in [0, 0.05) is 16.6 Å². The van der Waals surface area contributed by atoms with Crippen molar-refractivity contribution < 1.29 is 14.5 Å². The van der Waals surface area contributed by atoms with E-state index in [0.29, 0.717) is 17.9 Å². The third-order valence-corrected chi connectivity index (χ3v) is 4.55. The molecule has 3 N–H and O–H groups in total. The van der Waals surface area contributed by atoms with Crippen LogP contribution in [0.25, 0.3) is 0 Å². The summed E-state index contributed by atoms with van der Waals surface area (Å²) in [7, 11) is 1.57. The summed E-state index contributed by atoms with van der Waals surface area (Å²) >= 11 is 3.29. The van der Waals surface area contributed by atoms with E-state index in [-0.39, 0.29) is 17.3 Å². The first kappa shape index (κ1) is 21.0. The molecule has 0 aliphatic carbocycles. The summed E-state index contributed by atoms with van der Waals surface area (Å²) in [6.07, 6.45) is 1.16. The Bertz CT molecular complexity index is 1040. The summed E-state index contributed by atoms with van der Waals surface area (Å²) in [6.45, 7) is 0.298. The van der Waals surface area contributed by atoms with E-state index in [4.69, 9.17) is 4.74 Å². The van der Waals surface area contributed by atoms with Crippen molar-refractivity contribution in [2.45, 2.75) is 6.54 Å². The van der Waals surface area contributed by atoms with Gasteiger partial charge in [-0.25, -0.2) is 9.97 Å². The van der Waals surface area contributed by atoms with Gasteiger partial charge in [0.2, 0.25) is 11.6 Å². The number of benzene rings is 2. The van der Waals surface area contributed by atoms with Gasteiger partial charge < -0.3 is 10.1 Å². The second kappa shape index (κ2) is 9.65. The summed E-state index contributed by atoms with van der Waals surface area (Å²) in [5.41, 5.74) is 5.77. The maximum atomic E-state index is 12.2. The van der Waals surface area contributed by atoms with Crippen LogP contribution in [0.4, 0.5) is 17.3 Å². The van der Waals surface area contributed by atoms with Gasteiger partial charge >= 0.3 is 5.69 Å². The van der Waals surface area contributed by atoms with Gasteiger partial charge in [-0.05, 0) is 42.0 Å². The minimum Gasteiger partial charge on any atom is -0.497 e. The van der Waals surface area contributed by atoms with Crippen molar-refractivity contribution in [1.29, 1.82) is 0 Å². The van der Waals surface area contributed by atoms with Crippen LogP contribution in [0.2, 0.25) is 0 Å². The molecule has 1 aromatic heterocycles. The SMILES string of the molecule is COc1ccc(CNc2ncnc(NNC(=O)c3ccc(Br)cc3)c2[N+](=O)[O-])cc1. The number of halogens is 1. The summed E-state index contributed by atoms with van der Waals surface area (Å²) < 4.78 is 5.93. The number of hydrazine groups is 1. The van der Waals surface area contributed by atoms with Crippen molar-refractivity contribution in [3.8, 4) is 5.75 Å². The predicted molar refractivity (Wildman–Crippen MR) is 114 cm³/mol. The standard InChI is InChI=1S/C19H17BrN6O4/c1-30-15-8-2-12(3-9-15)10-21-17-16(26(28)29)18(23-11-22-17)24-25-19(27)13-4-6-14(20)7-5-13/h2-9,11H,10H2,1H3,(H,25,27)(H2,21,22,23,24). The lowest BCUT2D eigenvalue weighted by molar-refractivity contribution is -0.383. The number of methoxy groups -OCH3 is 1. The van der Waals surface area contributed by atoms with Crippen molar-refractivity contribution in [1.82, 2.24) is 15.4 Å². The molecular weight excluding hydrogens is 456 g/mol. The highest BCUT2D eigenvalue weighted by molar-refractivity contribution is 9.10. The number of ether oxygens (including phenoxy) is 1. The fourth-order valence-corrected chi connectivity index (χ4v) is 2.76. The quantitative estimate of drug-likeness (QED) is 0.335. The van der Waals surface area contributed by atoms with Crippen molar-refractivity contribution in [3.05, 3.63) is 80.6 Å². The normalized spacial score (nSPS) is 10.2. The highest BCUT2D eigenvalue weighted by Gasteiger charge is 2.23. The van der Waals surface area contributed by atoms with Gasteiger partial charge in [-0.3, -0.25) is 25.8 Å². The lowest BCUT2D eigenvalue weighted by Gasteiger charge is -2.11. The maximum Gasteiger partial charge on any atom is 0.354 e. The molecule has 0 fully saturated rings. The number of carbonyl (C=O) groups excluding carboxylic acids is 1. The molecule has 1 amide bonds. The molecule has 0 unspecified atom stereocenters. The molecule has 2 aromatic carbocycles. The molecule has 0 saturated carbocycles. The van der Waals surface area contributed by atoms with Crippen LogP contribution in [0, 0.1) is 10.1 Å². The monoisotopic (exact) mass is 472 g/mol. The smallest absolute Gasteiger partial charge is 0.354 e. The number of anilines is 2. The number of carbonyl (C=O) groups is 1. The Morgan fingerprint density at radius 1 is 1.10 bits per heavy atom. The van der Waals surface area contributed by atoms with Gasteiger partial charge in [0.05, 0.1) is 12.0 Å².